The number of ether oxygens (including phenoxy) is 1. The molecule has 0 rings (SSSR count). The topological polar surface area (TPSA) is 9.23 Å². The summed E-state index contributed by atoms with van der Waals surface area (Å²) < 4.78 is 5.58. The van der Waals surface area contributed by atoms with Crippen molar-refractivity contribution in [2.45, 2.75) is 65.7 Å². The summed E-state index contributed by atoms with van der Waals surface area (Å²) in [6.07, 6.45) is 4.51. The van der Waals surface area contributed by atoms with E-state index in [1.807, 2.05) is 0 Å². The number of rotatable bonds is 7. The summed E-state index contributed by atoms with van der Waals surface area (Å²) >= 11 is 5.18. The fraction of sp³-hybridized carbons (Fsp3) is 1.00. The first kappa shape index (κ1) is 15.3. The third-order valence-electron chi connectivity index (χ3n) is 2.40. The predicted molar refractivity (Wildman–Crippen MR) is 70.1 cm³/mol. The zero-order chi connectivity index (χ0) is 11.9. The van der Waals surface area contributed by atoms with Gasteiger partial charge in [-0.1, -0.05) is 53.7 Å². The van der Waals surface area contributed by atoms with Gasteiger partial charge in [0.05, 0.1) is 0 Å². The van der Waals surface area contributed by atoms with Crippen LogP contribution in [0.5, 0.6) is 0 Å². The van der Waals surface area contributed by atoms with Crippen molar-refractivity contribution in [3.63, 3.8) is 0 Å². The normalized spacial score (nSPS) is 16.4. The predicted octanol–water partition coefficient (Wildman–Crippen LogP) is 4.79. The van der Waals surface area contributed by atoms with Gasteiger partial charge in [0.15, 0.2) is 0 Å². The van der Waals surface area contributed by atoms with Crippen LogP contribution in [0.4, 0.5) is 0 Å². The van der Waals surface area contributed by atoms with Gasteiger partial charge in [-0.25, -0.2) is 0 Å². The van der Waals surface area contributed by atoms with Crippen molar-refractivity contribution in [1.82, 2.24) is 0 Å². The Labute approximate surface area is 101 Å². The number of hydrogen-bond acceptors (Lipinski definition) is 1. The second-order valence-corrected chi connectivity index (χ2v) is 6.27. The molecule has 0 bridgehead atoms. The molecule has 0 aliphatic carbocycles. The minimum Gasteiger partial charge on any atom is -0.367 e. The molecule has 0 aromatic rings. The second kappa shape index (κ2) is 7.56. The summed E-state index contributed by atoms with van der Waals surface area (Å²) in [5, 5.41) is 0. The average Bonchev–Trinajstić information content (AvgIpc) is 2.00. The molecular weight excluding hydrogens is 204 g/mol. The summed E-state index contributed by atoms with van der Waals surface area (Å²) in [4.78, 5) is 0. The van der Waals surface area contributed by atoms with Gasteiger partial charge in [0.2, 0.25) is 0 Å². The van der Waals surface area contributed by atoms with Gasteiger partial charge in [0, 0.05) is 6.61 Å². The minimum atomic E-state index is 0.0248. The molecular formula is C13H27OS. The molecule has 15 heavy (non-hydrogen) atoms. The Balaban J connectivity index is 3.50. The fourth-order valence-corrected chi connectivity index (χ4v) is 2.20. The Kier molecular flexibility index (Phi) is 7.72. The van der Waals surface area contributed by atoms with Crippen LogP contribution in [0.1, 0.15) is 60.3 Å². The van der Waals surface area contributed by atoms with Gasteiger partial charge in [0.25, 0.3) is 0 Å². The van der Waals surface area contributed by atoms with Crippen molar-refractivity contribution < 1.29 is 4.74 Å². The summed E-state index contributed by atoms with van der Waals surface area (Å²) in [5.74, 6) is 0.730. The maximum atomic E-state index is 5.58. The molecule has 0 amide bonds. The molecule has 2 atom stereocenters. The van der Waals surface area contributed by atoms with Crippen LogP contribution in [0.3, 0.4) is 0 Å². The Bertz CT molecular complexity index is 151. The van der Waals surface area contributed by atoms with Crippen molar-refractivity contribution in [1.29, 1.82) is 0 Å². The lowest BCUT2D eigenvalue weighted by molar-refractivity contribution is 0.0923. The van der Waals surface area contributed by atoms with E-state index in [2.05, 4.69) is 34.6 Å². The fourth-order valence-electron chi connectivity index (χ4n) is 1.87. The Morgan fingerprint density at radius 2 is 1.80 bits per heavy atom. The highest BCUT2D eigenvalue weighted by Crippen LogP contribution is 2.26. The monoisotopic (exact) mass is 231 g/mol. The van der Waals surface area contributed by atoms with E-state index in [-0.39, 0.29) is 5.44 Å². The molecule has 0 saturated carbocycles. The number of hydrogen-bond donors (Lipinski definition) is 0. The maximum absolute atomic E-state index is 5.58. The van der Waals surface area contributed by atoms with Gasteiger partial charge in [0.1, 0.15) is 5.44 Å². The third-order valence-corrected chi connectivity index (χ3v) is 2.77. The molecule has 91 valence electrons. The third kappa shape index (κ3) is 10.6. The average molecular weight is 231 g/mol. The largest absolute Gasteiger partial charge is 0.367 e. The van der Waals surface area contributed by atoms with Crippen LogP contribution in [0.15, 0.2) is 0 Å². The molecule has 2 unspecified atom stereocenters. The Morgan fingerprint density at radius 3 is 2.27 bits per heavy atom. The van der Waals surface area contributed by atoms with E-state index in [1.165, 1.54) is 6.42 Å². The highest BCUT2D eigenvalue weighted by molar-refractivity contribution is 7.80. The van der Waals surface area contributed by atoms with Crippen LogP contribution in [0, 0.1) is 11.3 Å². The lowest BCUT2D eigenvalue weighted by Gasteiger charge is -2.23. The smallest absolute Gasteiger partial charge is 0.113 e. The zero-order valence-corrected chi connectivity index (χ0v) is 11.8. The molecule has 0 aliphatic rings. The molecule has 1 nitrogen and oxygen atoms in total. The highest BCUT2D eigenvalue weighted by Gasteiger charge is 2.15. The van der Waals surface area contributed by atoms with E-state index < -0.39 is 0 Å². The standard InChI is InChI=1S/C13H27OS/c1-6-7-12(15)14-9-8-11(2)10-13(3,4)5/h11-12H,6-10H2,1-5H3. The van der Waals surface area contributed by atoms with E-state index in [1.54, 1.807) is 0 Å². The van der Waals surface area contributed by atoms with E-state index in [0.29, 0.717) is 5.41 Å². The molecule has 2 heteroatoms. The zero-order valence-electron chi connectivity index (χ0n) is 11.0. The highest BCUT2D eigenvalue weighted by atomic mass is 32.1. The van der Waals surface area contributed by atoms with Crippen LogP contribution < -0.4 is 0 Å². The minimum absolute atomic E-state index is 0.0248. The van der Waals surface area contributed by atoms with Gasteiger partial charge in [-0.2, -0.15) is 0 Å². The summed E-state index contributed by atoms with van der Waals surface area (Å²) in [5.41, 5.74) is 0.452. The van der Waals surface area contributed by atoms with Crippen molar-refractivity contribution in [2.75, 3.05) is 6.61 Å². The molecule has 0 aromatic carbocycles. The van der Waals surface area contributed by atoms with Crippen LogP contribution in [0.2, 0.25) is 0 Å². The van der Waals surface area contributed by atoms with Gasteiger partial charge in [-0.3, -0.25) is 0 Å². The summed E-state index contributed by atoms with van der Waals surface area (Å²) in [6.45, 7) is 12.1. The molecule has 0 fully saturated rings. The van der Waals surface area contributed by atoms with Crippen LogP contribution >= 0.6 is 12.6 Å². The van der Waals surface area contributed by atoms with Crippen molar-refractivity contribution >= 4 is 12.6 Å². The lowest BCUT2D eigenvalue weighted by atomic mass is 9.84. The van der Waals surface area contributed by atoms with E-state index >= 15 is 0 Å². The van der Waals surface area contributed by atoms with E-state index in [9.17, 15) is 0 Å². The summed E-state index contributed by atoms with van der Waals surface area (Å²) in [7, 11) is 0. The lowest BCUT2D eigenvalue weighted by Crippen LogP contribution is -2.14. The Morgan fingerprint density at radius 1 is 1.20 bits per heavy atom. The molecule has 0 N–H and O–H groups in total. The van der Waals surface area contributed by atoms with Gasteiger partial charge >= 0.3 is 0 Å². The molecule has 0 aliphatic heterocycles. The first-order valence-corrected chi connectivity index (χ1v) is 6.59. The van der Waals surface area contributed by atoms with Gasteiger partial charge in [-0.05, 0) is 30.6 Å². The molecule has 0 spiro atoms. The maximum Gasteiger partial charge on any atom is 0.113 e. The SMILES string of the molecule is CCCC([S])OCCC(C)CC(C)(C)C. The van der Waals surface area contributed by atoms with E-state index in [4.69, 9.17) is 17.4 Å². The first-order valence-electron chi connectivity index (χ1n) is 6.12. The van der Waals surface area contributed by atoms with Gasteiger partial charge < -0.3 is 4.74 Å². The molecule has 0 aromatic heterocycles. The van der Waals surface area contributed by atoms with Gasteiger partial charge in [-0.15, -0.1) is 0 Å². The van der Waals surface area contributed by atoms with Crippen LogP contribution in [-0.4, -0.2) is 12.0 Å². The van der Waals surface area contributed by atoms with Crippen LogP contribution in [-0.2, 0) is 4.74 Å². The van der Waals surface area contributed by atoms with Crippen molar-refractivity contribution in [3.05, 3.63) is 0 Å². The quantitative estimate of drug-likeness (QED) is 0.612. The molecule has 0 heterocycles. The Hall–Kier alpha value is 0.310. The second-order valence-electron chi connectivity index (χ2n) is 5.75. The van der Waals surface area contributed by atoms with E-state index in [0.717, 1.165) is 31.8 Å². The molecule has 0 saturated heterocycles. The van der Waals surface area contributed by atoms with Crippen molar-refractivity contribution in [3.8, 4) is 0 Å². The molecule has 1 radical (unpaired) electrons. The van der Waals surface area contributed by atoms with Crippen molar-refractivity contribution in [2.24, 2.45) is 11.3 Å². The first-order chi connectivity index (χ1) is 6.85. The van der Waals surface area contributed by atoms with Crippen LogP contribution in [0.25, 0.3) is 0 Å². The summed E-state index contributed by atoms with van der Waals surface area (Å²) in [6, 6.07) is 0.